The standard InChI is InChI=1S/C24H25ClFN3O3/c1-27-12-10-15(11-13-27)28(2)22-21(17-6-4-5-7-20(17)32-3)23(30)29(24(22)31)16-8-9-19(26)18(25)14-16/h4-9,14-15H,10-13H2,1-3H3. The molecule has 0 spiro atoms. The first kappa shape index (κ1) is 22.3. The first-order chi connectivity index (χ1) is 15.3. The van der Waals surface area contributed by atoms with Gasteiger partial charge in [-0.05, 0) is 57.2 Å². The topological polar surface area (TPSA) is 53.1 Å². The molecule has 2 amide bonds. The zero-order valence-electron chi connectivity index (χ0n) is 18.3. The molecule has 4 rings (SSSR count). The van der Waals surface area contributed by atoms with Crippen LogP contribution in [0.15, 0.2) is 48.2 Å². The lowest BCUT2D eigenvalue weighted by atomic mass is 9.99. The number of para-hydroxylation sites is 1. The number of rotatable bonds is 5. The van der Waals surface area contributed by atoms with Crippen molar-refractivity contribution in [3.05, 3.63) is 64.6 Å². The van der Waals surface area contributed by atoms with Crippen LogP contribution in [0, 0.1) is 5.82 Å². The second-order valence-corrected chi connectivity index (χ2v) is 8.52. The monoisotopic (exact) mass is 457 g/mol. The van der Waals surface area contributed by atoms with Crippen molar-refractivity contribution in [3.8, 4) is 5.75 Å². The number of carbonyl (C=O) groups is 2. The van der Waals surface area contributed by atoms with Gasteiger partial charge in [0.2, 0.25) is 0 Å². The first-order valence-corrected chi connectivity index (χ1v) is 10.8. The lowest BCUT2D eigenvalue weighted by molar-refractivity contribution is -0.120. The lowest BCUT2D eigenvalue weighted by Crippen LogP contribution is -2.43. The first-order valence-electron chi connectivity index (χ1n) is 10.5. The molecular formula is C24H25ClFN3O3. The minimum Gasteiger partial charge on any atom is -0.496 e. The Morgan fingerprint density at radius 3 is 2.44 bits per heavy atom. The average molecular weight is 458 g/mol. The zero-order chi connectivity index (χ0) is 23.0. The van der Waals surface area contributed by atoms with E-state index in [9.17, 15) is 14.0 Å². The highest BCUT2D eigenvalue weighted by Gasteiger charge is 2.44. The Hall–Kier alpha value is -2.90. The molecular weight excluding hydrogens is 433 g/mol. The Balaban J connectivity index is 1.83. The predicted molar refractivity (Wildman–Crippen MR) is 122 cm³/mol. The summed E-state index contributed by atoms with van der Waals surface area (Å²) >= 11 is 5.95. The Bertz CT molecular complexity index is 1100. The van der Waals surface area contributed by atoms with Crippen molar-refractivity contribution in [2.45, 2.75) is 18.9 Å². The maximum absolute atomic E-state index is 13.7. The molecule has 0 radical (unpaired) electrons. The van der Waals surface area contributed by atoms with E-state index in [1.54, 1.807) is 18.2 Å². The quantitative estimate of drug-likeness (QED) is 0.639. The van der Waals surface area contributed by atoms with Crippen molar-refractivity contribution in [2.75, 3.05) is 39.2 Å². The van der Waals surface area contributed by atoms with Gasteiger partial charge in [0.25, 0.3) is 11.8 Å². The van der Waals surface area contributed by atoms with Crippen LogP contribution in [-0.2, 0) is 9.59 Å². The second-order valence-electron chi connectivity index (χ2n) is 8.11. The fourth-order valence-electron chi connectivity index (χ4n) is 4.36. The summed E-state index contributed by atoms with van der Waals surface area (Å²) in [6.45, 7) is 1.82. The van der Waals surface area contributed by atoms with E-state index in [1.165, 1.54) is 19.2 Å². The van der Waals surface area contributed by atoms with Crippen LogP contribution in [0.4, 0.5) is 10.1 Å². The summed E-state index contributed by atoms with van der Waals surface area (Å²) in [5, 5.41) is -0.154. The van der Waals surface area contributed by atoms with Crippen molar-refractivity contribution in [3.63, 3.8) is 0 Å². The van der Waals surface area contributed by atoms with Crippen LogP contribution in [0.1, 0.15) is 18.4 Å². The van der Waals surface area contributed by atoms with E-state index in [1.807, 2.05) is 18.0 Å². The molecule has 0 atom stereocenters. The molecule has 1 saturated heterocycles. The van der Waals surface area contributed by atoms with Gasteiger partial charge in [-0.3, -0.25) is 9.59 Å². The van der Waals surface area contributed by atoms with E-state index >= 15 is 0 Å². The summed E-state index contributed by atoms with van der Waals surface area (Å²) in [6.07, 6.45) is 1.75. The Morgan fingerprint density at radius 1 is 1.09 bits per heavy atom. The van der Waals surface area contributed by atoms with Gasteiger partial charge in [-0.15, -0.1) is 0 Å². The number of hydrogen-bond donors (Lipinski definition) is 0. The van der Waals surface area contributed by atoms with Gasteiger partial charge in [-0.25, -0.2) is 9.29 Å². The number of imide groups is 1. The van der Waals surface area contributed by atoms with E-state index in [-0.39, 0.29) is 22.3 Å². The van der Waals surface area contributed by atoms with Crippen LogP contribution in [0.3, 0.4) is 0 Å². The smallest absolute Gasteiger partial charge is 0.282 e. The minimum absolute atomic E-state index is 0.111. The van der Waals surface area contributed by atoms with E-state index in [2.05, 4.69) is 11.9 Å². The van der Waals surface area contributed by atoms with E-state index in [0.717, 1.165) is 36.9 Å². The number of hydrogen-bond acceptors (Lipinski definition) is 5. The highest BCUT2D eigenvalue weighted by atomic mass is 35.5. The molecule has 2 heterocycles. The Labute approximate surface area is 191 Å². The number of nitrogens with zero attached hydrogens (tertiary/aromatic N) is 3. The Kier molecular flexibility index (Phi) is 6.22. The summed E-state index contributed by atoms with van der Waals surface area (Å²) in [7, 11) is 5.45. The summed E-state index contributed by atoms with van der Waals surface area (Å²) in [5.74, 6) is -1.06. The molecule has 6 nitrogen and oxygen atoms in total. The van der Waals surface area contributed by atoms with Crippen LogP contribution in [0.2, 0.25) is 5.02 Å². The van der Waals surface area contributed by atoms with E-state index < -0.39 is 17.6 Å². The van der Waals surface area contributed by atoms with Gasteiger partial charge in [0.05, 0.1) is 23.4 Å². The molecule has 2 aromatic carbocycles. The number of piperidine rings is 1. The summed E-state index contributed by atoms with van der Waals surface area (Å²) in [6, 6.07) is 11.1. The maximum Gasteiger partial charge on any atom is 0.282 e. The van der Waals surface area contributed by atoms with Crippen molar-refractivity contribution in [1.82, 2.24) is 9.80 Å². The second kappa shape index (κ2) is 8.92. The number of anilines is 1. The Morgan fingerprint density at radius 2 is 1.78 bits per heavy atom. The number of amides is 2. The van der Waals surface area contributed by atoms with Gasteiger partial charge in [-0.1, -0.05) is 29.8 Å². The third-order valence-corrected chi connectivity index (χ3v) is 6.48. The average Bonchev–Trinajstić information content (AvgIpc) is 3.05. The number of methoxy groups -OCH3 is 1. The van der Waals surface area contributed by atoms with Crippen LogP contribution in [-0.4, -0.2) is 62.0 Å². The summed E-state index contributed by atoms with van der Waals surface area (Å²) in [4.78, 5) is 32.5. The van der Waals surface area contributed by atoms with Gasteiger partial charge < -0.3 is 14.5 Å². The molecule has 1 fully saturated rings. The van der Waals surface area contributed by atoms with Crippen LogP contribution in [0.25, 0.3) is 5.57 Å². The van der Waals surface area contributed by atoms with Gasteiger partial charge in [0, 0.05) is 18.7 Å². The molecule has 2 aromatic rings. The maximum atomic E-state index is 13.7. The van der Waals surface area contributed by atoms with Crippen LogP contribution in [0.5, 0.6) is 5.75 Å². The van der Waals surface area contributed by atoms with Gasteiger partial charge in [-0.2, -0.15) is 0 Å². The molecule has 2 aliphatic heterocycles. The normalized spacial score (nSPS) is 18.0. The zero-order valence-corrected chi connectivity index (χ0v) is 19.0. The van der Waals surface area contributed by atoms with Crippen LogP contribution < -0.4 is 9.64 Å². The van der Waals surface area contributed by atoms with Crippen LogP contribution >= 0.6 is 11.6 Å². The number of ether oxygens (including phenoxy) is 1. The summed E-state index contributed by atoms with van der Waals surface area (Å²) < 4.78 is 19.2. The largest absolute Gasteiger partial charge is 0.496 e. The van der Waals surface area contributed by atoms with Crippen molar-refractivity contribution in [2.24, 2.45) is 0 Å². The van der Waals surface area contributed by atoms with Crippen molar-refractivity contribution in [1.29, 1.82) is 0 Å². The van der Waals surface area contributed by atoms with Crippen molar-refractivity contribution >= 4 is 34.7 Å². The molecule has 0 unspecified atom stereocenters. The molecule has 0 bridgehead atoms. The predicted octanol–water partition coefficient (Wildman–Crippen LogP) is 3.80. The minimum atomic E-state index is -0.615. The van der Waals surface area contributed by atoms with Gasteiger partial charge in [0.1, 0.15) is 17.3 Å². The molecule has 168 valence electrons. The SMILES string of the molecule is COc1ccccc1C1=C(N(C)C2CCN(C)CC2)C(=O)N(c2ccc(F)c(Cl)c2)C1=O. The third kappa shape index (κ3) is 3.87. The number of likely N-dealkylation sites (N-methyl/N-ethyl adjacent to an activating group) is 1. The molecule has 0 saturated carbocycles. The molecule has 0 aromatic heterocycles. The number of carbonyl (C=O) groups excluding carboxylic acids is 2. The van der Waals surface area contributed by atoms with Crippen molar-refractivity contribution < 1.29 is 18.7 Å². The molecule has 32 heavy (non-hydrogen) atoms. The van der Waals surface area contributed by atoms with Gasteiger partial charge >= 0.3 is 0 Å². The number of halogens is 2. The molecule has 2 aliphatic rings. The van der Waals surface area contributed by atoms with E-state index in [4.69, 9.17) is 16.3 Å². The third-order valence-electron chi connectivity index (χ3n) is 6.19. The highest BCUT2D eigenvalue weighted by Crippen LogP contribution is 2.39. The lowest BCUT2D eigenvalue weighted by Gasteiger charge is -2.36. The molecule has 0 N–H and O–H groups in total. The van der Waals surface area contributed by atoms with E-state index in [0.29, 0.717) is 17.0 Å². The molecule has 8 heteroatoms. The fraction of sp³-hybridized carbons (Fsp3) is 0.333. The molecule has 0 aliphatic carbocycles. The summed E-state index contributed by atoms with van der Waals surface area (Å²) in [5.41, 5.74) is 1.35. The highest BCUT2D eigenvalue weighted by molar-refractivity contribution is 6.46. The van der Waals surface area contributed by atoms with Gasteiger partial charge in [0.15, 0.2) is 0 Å². The number of likely N-dealkylation sites (tertiary alicyclic amines) is 1. The fourth-order valence-corrected chi connectivity index (χ4v) is 4.54. The number of benzene rings is 2.